The first-order valence-corrected chi connectivity index (χ1v) is 6.38. The van der Waals surface area contributed by atoms with Crippen molar-refractivity contribution in [1.29, 1.82) is 0 Å². The molecule has 1 saturated heterocycles. The first-order chi connectivity index (χ1) is 7.79. The summed E-state index contributed by atoms with van der Waals surface area (Å²) in [6, 6.07) is 0. The van der Waals surface area contributed by atoms with Crippen LogP contribution < -0.4 is 0 Å². The van der Waals surface area contributed by atoms with Crippen molar-refractivity contribution in [3.63, 3.8) is 0 Å². The van der Waals surface area contributed by atoms with Crippen molar-refractivity contribution in [3.05, 3.63) is 0 Å². The lowest BCUT2D eigenvalue weighted by Gasteiger charge is -2.35. The minimum Gasteiger partial charge on any atom is -0.395 e. The highest BCUT2D eigenvalue weighted by Crippen LogP contribution is 2.22. The summed E-state index contributed by atoms with van der Waals surface area (Å²) >= 11 is 0. The first-order valence-electron chi connectivity index (χ1n) is 6.38. The van der Waals surface area contributed by atoms with Crippen molar-refractivity contribution < 1.29 is 9.90 Å². The van der Waals surface area contributed by atoms with E-state index in [0.29, 0.717) is 11.7 Å². The van der Waals surface area contributed by atoms with Crippen LogP contribution >= 0.6 is 0 Å². The molecular formula is C12H22N2O2. The summed E-state index contributed by atoms with van der Waals surface area (Å²) in [5.41, 5.74) is 0. The van der Waals surface area contributed by atoms with Crippen molar-refractivity contribution in [2.75, 3.05) is 45.9 Å². The maximum atomic E-state index is 11.5. The number of Topliss-reactive ketones (excluding diaryl/α,β-unsaturated/α-hetero) is 1. The standard InChI is InChI=1S/C12H22N2O2/c15-9-8-13-4-6-14(7-5-13)10-11-2-1-3-12(11)16/h11,15H,1-10H2. The number of rotatable bonds is 4. The lowest BCUT2D eigenvalue weighted by molar-refractivity contribution is -0.121. The number of piperazine rings is 1. The Hall–Kier alpha value is -0.450. The van der Waals surface area contributed by atoms with E-state index in [2.05, 4.69) is 9.80 Å². The number of ketones is 1. The van der Waals surface area contributed by atoms with Gasteiger partial charge in [0, 0.05) is 51.6 Å². The van der Waals surface area contributed by atoms with E-state index in [1.54, 1.807) is 0 Å². The Balaban J connectivity index is 1.70. The van der Waals surface area contributed by atoms with Crippen LogP contribution in [-0.2, 0) is 4.79 Å². The van der Waals surface area contributed by atoms with Crippen molar-refractivity contribution in [2.24, 2.45) is 5.92 Å². The van der Waals surface area contributed by atoms with Crippen LogP contribution in [0.2, 0.25) is 0 Å². The number of hydrogen-bond donors (Lipinski definition) is 1. The molecule has 1 heterocycles. The van der Waals surface area contributed by atoms with Gasteiger partial charge in [0.1, 0.15) is 5.78 Å². The van der Waals surface area contributed by atoms with Crippen molar-refractivity contribution in [1.82, 2.24) is 9.80 Å². The molecule has 4 heteroatoms. The second-order valence-electron chi connectivity index (χ2n) is 4.92. The van der Waals surface area contributed by atoms with Crippen molar-refractivity contribution in [2.45, 2.75) is 19.3 Å². The van der Waals surface area contributed by atoms with Gasteiger partial charge in [-0.1, -0.05) is 0 Å². The second kappa shape index (κ2) is 5.75. The van der Waals surface area contributed by atoms with Gasteiger partial charge in [-0.05, 0) is 12.8 Å². The van der Waals surface area contributed by atoms with E-state index in [-0.39, 0.29) is 6.61 Å². The molecule has 0 bridgehead atoms. The number of hydrogen-bond acceptors (Lipinski definition) is 4. The Labute approximate surface area is 97.2 Å². The number of β-amino-alcohol motifs (C(OH)–C–C–N with tert-alkyl or cyclic N) is 1. The fourth-order valence-electron chi connectivity index (χ4n) is 2.73. The molecule has 1 unspecified atom stereocenters. The highest BCUT2D eigenvalue weighted by molar-refractivity contribution is 5.83. The maximum Gasteiger partial charge on any atom is 0.137 e. The quantitative estimate of drug-likeness (QED) is 0.731. The van der Waals surface area contributed by atoms with Crippen LogP contribution in [0, 0.1) is 5.92 Å². The smallest absolute Gasteiger partial charge is 0.137 e. The predicted octanol–water partition coefficient (Wildman–Crippen LogP) is -0.0345. The van der Waals surface area contributed by atoms with Crippen LogP contribution in [0.15, 0.2) is 0 Å². The largest absolute Gasteiger partial charge is 0.395 e. The summed E-state index contributed by atoms with van der Waals surface area (Å²) in [6.45, 7) is 6.15. The van der Waals surface area contributed by atoms with E-state index < -0.39 is 0 Å². The lowest BCUT2D eigenvalue weighted by atomic mass is 10.1. The molecule has 1 aliphatic carbocycles. The molecule has 4 nitrogen and oxygen atoms in total. The van der Waals surface area contributed by atoms with Gasteiger partial charge in [0.15, 0.2) is 0 Å². The van der Waals surface area contributed by atoms with Gasteiger partial charge in [-0.3, -0.25) is 9.69 Å². The number of nitrogens with zero attached hydrogens (tertiary/aromatic N) is 2. The van der Waals surface area contributed by atoms with Crippen LogP contribution in [0.4, 0.5) is 0 Å². The molecule has 0 aromatic heterocycles. The second-order valence-corrected chi connectivity index (χ2v) is 4.92. The zero-order valence-corrected chi connectivity index (χ0v) is 9.90. The summed E-state index contributed by atoms with van der Waals surface area (Å²) < 4.78 is 0. The molecule has 2 rings (SSSR count). The fraction of sp³-hybridized carbons (Fsp3) is 0.917. The monoisotopic (exact) mass is 226 g/mol. The van der Waals surface area contributed by atoms with Crippen LogP contribution in [0.1, 0.15) is 19.3 Å². The molecule has 1 atom stereocenters. The van der Waals surface area contributed by atoms with Gasteiger partial charge in [-0.15, -0.1) is 0 Å². The minimum absolute atomic E-state index is 0.251. The highest BCUT2D eigenvalue weighted by atomic mass is 16.3. The number of aliphatic hydroxyl groups is 1. The molecule has 1 N–H and O–H groups in total. The van der Waals surface area contributed by atoms with Gasteiger partial charge in [-0.25, -0.2) is 0 Å². The molecular weight excluding hydrogens is 204 g/mol. The Morgan fingerprint density at radius 3 is 2.44 bits per heavy atom. The van der Waals surface area contributed by atoms with Gasteiger partial charge in [0.25, 0.3) is 0 Å². The summed E-state index contributed by atoms with van der Waals surface area (Å²) in [5.74, 6) is 0.780. The summed E-state index contributed by atoms with van der Waals surface area (Å²) in [6.07, 6.45) is 2.98. The molecule has 1 aliphatic heterocycles. The fourth-order valence-corrected chi connectivity index (χ4v) is 2.73. The van der Waals surface area contributed by atoms with Gasteiger partial charge in [0.05, 0.1) is 6.61 Å². The van der Waals surface area contributed by atoms with Gasteiger partial charge in [0.2, 0.25) is 0 Å². The van der Waals surface area contributed by atoms with Gasteiger partial charge >= 0.3 is 0 Å². The van der Waals surface area contributed by atoms with Crippen LogP contribution in [-0.4, -0.2) is 66.6 Å². The lowest BCUT2D eigenvalue weighted by Crippen LogP contribution is -2.48. The van der Waals surface area contributed by atoms with E-state index in [0.717, 1.165) is 58.5 Å². The number of aliphatic hydroxyl groups excluding tert-OH is 1. The Kier molecular flexibility index (Phi) is 4.32. The molecule has 0 amide bonds. The Bertz CT molecular complexity index is 237. The van der Waals surface area contributed by atoms with E-state index in [4.69, 9.17) is 5.11 Å². The molecule has 0 radical (unpaired) electrons. The summed E-state index contributed by atoms with van der Waals surface area (Å²) in [5, 5.41) is 8.85. The molecule has 0 aromatic carbocycles. The number of carbonyl (C=O) groups excluding carboxylic acids is 1. The van der Waals surface area contributed by atoms with E-state index >= 15 is 0 Å². The zero-order chi connectivity index (χ0) is 11.4. The minimum atomic E-state index is 0.251. The zero-order valence-electron chi connectivity index (χ0n) is 9.90. The van der Waals surface area contributed by atoms with Crippen molar-refractivity contribution in [3.8, 4) is 0 Å². The van der Waals surface area contributed by atoms with Crippen LogP contribution in [0.25, 0.3) is 0 Å². The normalized spacial score (nSPS) is 28.8. The SMILES string of the molecule is O=C1CCCC1CN1CCN(CCO)CC1. The molecule has 92 valence electrons. The molecule has 0 aromatic rings. The third-order valence-corrected chi connectivity index (χ3v) is 3.79. The average molecular weight is 226 g/mol. The Morgan fingerprint density at radius 1 is 1.19 bits per heavy atom. The molecule has 2 aliphatic rings. The molecule has 2 fully saturated rings. The topological polar surface area (TPSA) is 43.8 Å². The average Bonchev–Trinajstić information content (AvgIpc) is 2.68. The highest BCUT2D eigenvalue weighted by Gasteiger charge is 2.27. The molecule has 1 saturated carbocycles. The third kappa shape index (κ3) is 3.03. The summed E-state index contributed by atoms with van der Waals surface area (Å²) in [4.78, 5) is 16.2. The van der Waals surface area contributed by atoms with Crippen LogP contribution in [0.5, 0.6) is 0 Å². The summed E-state index contributed by atoms with van der Waals surface area (Å²) in [7, 11) is 0. The maximum absolute atomic E-state index is 11.5. The molecule has 0 spiro atoms. The van der Waals surface area contributed by atoms with E-state index in [1.807, 2.05) is 0 Å². The van der Waals surface area contributed by atoms with Crippen molar-refractivity contribution >= 4 is 5.78 Å². The molecule has 16 heavy (non-hydrogen) atoms. The Morgan fingerprint density at radius 2 is 1.88 bits per heavy atom. The van der Waals surface area contributed by atoms with E-state index in [1.165, 1.54) is 0 Å². The number of carbonyl (C=O) groups is 1. The third-order valence-electron chi connectivity index (χ3n) is 3.79. The van der Waals surface area contributed by atoms with Gasteiger partial charge < -0.3 is 10.0 Å². The predicted molar refractivity (Wildman–Crippen MR) is 62.3 cm³/mol. The van der Waals surface area contributed by atoms with Gasteiger partial charge in [-0.2, -0.15) is 0 Å². The van der Waals surface area contributed by atoms with E-state index in [9.17, 15) is 4.79 Å². The first kappa shape index (κ1) is 12.0. The van der Waals surface area contributed by atoms with Crippen LogP contribution in [0.3, 0.4) is 0 Å².